The van der Waals surface area contributed by atoms with Gasteiger partial charge in [-0.15, -0.1) is 0 Å². The van der Waals surface area contributed by atoms with Crippen molar-refractivity contribution in [1.82, 2.24) is 15.5 Å². The van der Waals surface area contributed by atoms with Gasteiger partial charge in [-0.25, -0.2) is 4.79 Å². The molecule has 3 amide bonds. The summed E-state index contributed by atoms with van der Waals surface area (Å²) in [5.41, 5.74) is 1.40. The predicted molar refractivity (Wildman–Crippen MR) is 70.5 cm³/mol. The molecule has 0 bridgehead atoms. The third kappa shape index (κ3) is 2.00. The Morgan fingerprint density at radius 1 is 1.37 bits per heavy atom. The maximum absolute atomic E-state index is 12.4. The smallest absolute Gasteiger partial charge is 0.322 e. The molecule has 0 aromatic heterocycles. The topological polar surface area (TPSA) is 61.4 Å². The number of nitrogens with one attached hydrogen (secondary N) is 2. The molecule has 2 heterocycles. The van der Waals surface area contributed by atoms with Gasteiger partial charge in [0.2, 0.25) is 0 Å². The fourth-order valence-corrected chi connectivity index (χ4v) is 2.79. The summed E-state index contributed by atoms with van der Waals surface area (Å²) in [5, 5.41) is 5.98. The van der Waals surface area contributed by atoms with Crippen LogP contribution in [-0.4, -0.2) is 35.5 Å². The van der Waals surface area contributed by atoms with Crippen molar-refractivity contribution in [3.63, 3.8) is 0 Å². The van der Waals surface area contributed by atoms with Gasteiger partial charge in [0.15, 0.2) is 0 Å². The fraction of sp³-hybridized carbons (Fsp3) is 0.429. The van der Waals surface area contributed by atoms with Gasteiger partial charge >= 0.3 is 6.03 Å². The van der Waals surface area contributed by atoms with Crippen LogP contribution in [0.15, 0.2) is 24.3 Å². The van der Waals surface area contributed by atoms with Crippen LogP contribution in [0.4, 0.5) is 4.79 Å². The SMILES string of the molecule is Cc1cccc(CN2C(=O)N[C@]3(CCNC3)C2=O)c1. The lowest BCUT2D eigenvalue weighted by Gasteiger charge is -2.19. The van der Waals surface area contributed by atoms with Gasteiger partial charge in [-0.3, -0.25) is 9.69 Å². The summed E-state index contributed by atoms with van der Waals surface area (Å²) < 4.78 is 0. The van der Waals surface area contributed by atoms with Gasteiger partial charge in [-0.2, -0.15) is 0 Å². The molecule has 5 nitrogen and oxygen atoms in total. The summed E-state index contributed by atoms with van der Waals surface area (Å²) in [7, 11) is 0. The zero-order valence-corrected chi connectivity index (χ0v) is 10.9. The Hall–Kier alpha value is -1.88. The molecule has 5 heteroatoms. The lowest BCUT2D eigenvalue weighted by atomic mass is 9.99. The Morgan fingerprint density at radius 3 is 2.89 bits per heavy atom. The first-order valence-electron chi connectivity index (χ1n) is 6.51. The Balaban J connectivity index is 1.82. The standard InChI is InChI=1S/C14H17N3O2/c1-10-3-2-4-11(7-10)8-17-12(18)14(16-13(17)19)5-6-15-9-14/h2-4,7,15H,5-6,8-9H2,1H3,(H,16,19)/t14-/m0/s1. The molecular formula is C14H17N3O2. The number of carbonyl (C=O) groups is 2. The number of aryl methyl sites for hydroxylation is 1. The zero-order valence-electron chi connectivity index (χ0n) is 10.9. The number of carbonyl (C=O) groups excluding carboxylic acids is 2. The number of urea groups is 1. The van der Waals surface area contributed by atoms with E-state index in [9.17, 15) is 9.59 Å². The molecule has 2 aliphatic heterocycles. The van der Waals surface area contributed by atoms with Crippen LogP contribution in [0, 0.1) is 6.92 Å². The highest BCUT2D eigenvalue weighted by Crippen LogP contribution is 2.25. The van der Waals surface area contributed by atoms with Crippen molar-refractivity contribution in [2.75, 3.05) is 13.1 Å². The quantitative estimate of drug-likeness (QED) is 0.772. The van der Waals surface area contributed by atoms with E-state index in [-0.39, 0.29) is 11.9 Å². The van der Waals surface area contributed by atoms with E-state index >= 15 is 0 Å². The Bertz CT molecular complexity index is 535. The summed E-state index contributed by atoms with van der Waals surface area (Å²) in [5.74, 6) is -0.107. The fourth-order valence-electron chi connectivity index (χ4n) is 2.79. The van der Waals surface area contributed by atoms with Crippen LogP contribution in [0.2, 0.25) is 0 Å². The summed E-state index contributed by atoms with van der Waals surface area (Å²) in [4.78, 5) is 25.8. The summed E-state index contributed by atoms with van der Waals surface area (Å²) in [6.45, 7) is 3.64. The highest BCUT2D eigenvalue weighted by Gasteiger charge is 2.52. The summed E-state index contributed by atoms with van der Waals surface area (Å²) >= 11 is 0. The molecule has 0 saturated carbocycles. The first-order chi connectivity index (χ1) is 9.11. The molecule has 0 aliphatic carbocycles. The number of rotatable bonds is 2. The molecule has 1 aromatic carbocycles. The molecule has 19 heavy (non-hydrogen) atoms. The van der Waals surface area contributed by atoms with Crippen molar-refractivity contribution < 1.29 is 9.59 Å². The Kier molecular flexibility index (Phi) is 2.78. The van der Waals surface area contributed by atoms with Gasteiger partial charge in [0, 0.05) is 6.54 Å². The second kappa shape index (κ2) is 4.35. The Morgan fingerprint density at radius 2 is 2.21 bits per heavy atom. The first kappa shape index (κ1) is 12.2. The lowest BCUT2D eigenvalue weighted by Crippen LogP contribution is -2.48. The van der Waals surface area contributed by atoms with E-state index in [0.717, 1.165) is 17.7 Å². The van der Waals surface area contributed by atoms with Crippen molar-refractivity contribution >= 4 is 11.9 Å². The number of hydrogen-bond acceptors (Lipinski definition) is 3. The minimum absolute atomic E-state index is 0.107. The predicted octanol–water partition coefficient (Wildman–Crippen LogP) is 0.779. The van der Waals surface area contributed by atoms with Crippen LogP contribution in [-0.2, 0) is 11.3 Å². The zero-order chi connectivity index (χ0) is 13.5. The minimum Gasteiger partial charge on any atom is -0.322 e. The molecular weight excluding hydrogens is 242 g/mol. The van der Waals surface area contributed by atoms with E-state index in [4.69, 9.17) is 0 Å². The number of imide groups is 1. The highest BCUT2D eigenvalue weighted by atomic mass is 16.2. The van der Waals surface area contributed by atoms with Crippen LogP contribution in [0.25, 0.3) is 0 Å². The van der Waals surface area contributed by atoms with Crippen LogP contribution in [0.5, 0.6) is 0 Å². The van der Waals surface area contributed by atoms with E-state index in [1.807, 2.05) is 31.2 Å². The van der Waals surface area contributed by atoms with Crippen molar-refractivity contribution in [3.8, 4) is 0 Å². The molecule has 2 N–H and O–H groups in total. The third-order valence-corrected chi connectivity index (χ3v) is 3.82. The van der Waals surface area contributed by atoms with Crippen molar-refractivity contribution in [1.29, 1.82) is 0 Å². The first-order valence-corrected chi connectivity index (χ1v) is 6.51. The monoisotopic (exact) mass is 259 g/mol. The van der Waals surface area contributed by atoms with Gasteiger partial charge in [0.25, 0.3) is 5.91 Å². The molecule has 2 saturated heterocycles. The minimum atomic E-state index is -0.707. The van der Waals surface area contributed by atoms with Gasteiger partial charge in [-0.1, -0.05) is 29.8 Å². The number of amides is 3. The second-order valence-electron chi connectivity index (χ2n) is 5.32. The molecule has 3 rings (SSSR count). The van der Waals surface area contributed by atoms with E-state index in [1.165, 1.54) is 4.90 Å². The average molecular weight is 259 g/mol. The maximum Gasteiger partial charge on any atom is 0.325 e. The Labute approximate surface area is 112 Å². The second-order valence-corrected chi connectivity index (χ2v) is 5.32. The average Bonchev–Trinajstić information content (AvgIpc) is 2.92. The number of nitrogens with zero attached hydrogens (tertiary/aromatic N) is 1. The van der Waals surface area contributed by atoms with Gasteiger partial charge in [-0.05, 0) is 25.5 Å². The molecule has 0 unspecified atom stereocenters. The molecule has 1 aromatic rings. The van der Waals surface area contributed by atoms with E-state index in [2.05, 4.69) is 10.6 Å². The molecule has 1 spiro atoms. The number of hydrogen-bond donors (Lipinski definition) is 2. The molecule has 2 aliphatic rings. The highest BCUT2D eigenvalue weighted by molar-refractivity contribution is 6.07. The van der Waals surface area contributed by atoms with E-state index in [1.54, 1.807) is 0 Å². The van der Waals surface area contributed by atoms with Crippen LogP contribution in [0.3, 0.4) is 0 Å². The summed E-state index contributed by atoms with van der Waals surface area (Å²) in [6.07, 6.45) is 0.669. The van der Waals surface area contributed by atoms with Crippen LogP contribution in [0.1, 0.15) is 17.5 Å². The van der Waals surface area contributed by atoms with Gasteiger partial charge < -0.3 is 10.6 Å². The third-order valence-electron chi connectivity index (χ3n) is 3.82. The summed E-state index contributed by atoms with van der Waals surface area (Å²) in [6, 6.07) is 7.59. The van der Waals surface area contributed by atoms with Crippen molar-refractivity contribution in [2.24, 2.45) is 0 Å². The van der Waals surface area contributed by atoms with Crippen LogP contribution >= 0.6 is 0 Å². The lowest BCUT2D eigenvalue weighted by molar-refractivity contribution is -0.131. The van der Waals surface area contributed by atoms with Crippen molar-refractivity contribution in [3.05, 3.63) is 35.4 Å². The van der Waals surface area contributed by atoms with E-state index < -0.39 is 5.54 Å². The molecule has 0 radical (unpaired) electrons. The molecule has 2 fully saturated rings. The molecule has 1 atom stereocenters. The number of benzene rings is 1. The molecule has 100 valence electrons. The van der Waals surface area contributed by atoms with Crippen molar-refractivity contribution in [2.45, 2.75) is 25.4 Å². The maximum atomic E-state index is 12.4. The van der Waals surface area contributed by atoms with Gasteiger partial charge in [0.1, 0.15) is 5.54 Å². The normalized spacial score (nSPS) is 26.3. The van der Waals surface area contributed by atoms with Gasteiger partial charge in [0.05, 0.1) is 6.54 Å². The van der Waals surface area contributed by atoms with E-state index in [0.29, 0.717) is 19.5 Å². The van der Waals surface area contributed by atoms with Crippen LogP contribution < -0.4 is 10.6 Å². The largest absolute Gasteiger partial charge is 0.325 e.